The summed E-state index contributed by atoms with van der Waals surface area (Å²) in [5.41, 5.74) is 1.95. The Kier molecular flexibility index (Phi) is 6.64. The van der Waals surface area contributed by atoms with Gasteiger partial charge in [0, 0.05) is 35.1 Å². The van der Waals surface area contributed by atoms with Gasteiger partial charge in [-0.25, -0.2) is 4.79 Å². The van der Waals surface area contributed by atoms with E-state index < -0.39 is 0 Å². The normalized spacial score (nSPS) is 11.8. The molecule has 2 aromatic carbocycles. The van der Waals surface area contributed by atoms with Gasteiger partial charge in [0.1, 0.15) is 0 Å². The Morgan fingerprint density at radius 2 is 1.54 bits per heavy atom. The summed E-state index contributed by atoms with van der Waals surface area (Å²) in [5, 5.41) is 6.26. The molecule has 5 nitrogen and oxygen atoms in total. The molecule has 3 amide bonds. The molecule has 0 aliphatic heterocycles. The Balaban J connectivity index is 2.01. The van der Waals surface area contributed by atoms with Crippen LogP contribution in [0.1, 0.15) is 31.1 Å². The lowest BCUT2D eigenvalue weighted by Crippen LogP contribution is -2.39. The van der Waals surface area contributed by atoms with Gasteiger partial charge >= 0.3 is 6.03 Å². The number of hydrogen-bond acceptors (Lipinski definition) is 2. The molecular formula is C20H24ClN3O2. The van der Waals surface area contributed by atoms with E-state index in [0.29, 0.717) is 22.2 Å². The number of nitrogens with zero attached hydrogens (tertiary/aromatic N) is 1. The van der Waals surface area contributed by atoms with Crippen LogP contribution in [0.5, 0.6) is 0 Å². The van der Waals surface area contributed by atoms with E-state index in [-0.39, 0.29) is 18.0 Å². The fraction of sp³-hybridized carbons (Fsp3) is 0.300. The Bertz CT molecular complexity index is 758. The standard InChI is InChI=1S/C20H24ClN3O2/c1-13(2)14(3)22-20(26)23-17-9-11-18(12-10-17)24(4)19(25)15-5-7-16(21)8-6-15/h5-14H,1-4H3,(H2,22,23,26). The van der Waals surface area contributed by atoms with Gasteiger partial charge in [-0.3, -0.25) is 4.79 Å². The molecule has 1 atom stereocenters. The zero-order valence-electron chi connectivity index (χ0n) is 15.4. The van der Waals surface area contributed by atoms with Gasteiger partial charge in [0.15, 0.2) is 0 Å². The van der Waals surface area contributed by atoms with Crippen molar-refractivity contribution in [3.8, 4) is 0 Å². The fourth-order valence-electron chi connectivity index (χ4n) is 2.21. The Morgan fingerprint density at radius 3 is 2.08 bits per heavy atom. The third-order valence-corrected chi connectivity index (χ3v) is 4.52. The molecule has 0 saturated heterocycles. The Hall–Kier alpha value is -2.53. The number of halogens is 1. The zero-order valence-corrected chi connectivity index (χ0v) is 16.2. The summed E-state index contributed by atoms with van der Waals surface area (Å²) in [6, 6.07) is 13.7. The smallest absolute Gasteiger partial charge is 0.319 e. The number of benzene rings is 2. The van der Waals surface area contributed by atoms with E-state index in [9.17, 15) is 9.59 Å². The summed E-state index contributed by atoms with van der Waals surface area (Å²) in [4.78, 5) is 26.0. The second-order valence-corrected chi connectivity index (χ2v) is 6.99. The molecule has 0 aromatic heterocycles. The first-order chi connectivity index (χ1) is 12.3. The minimum absolute atomic E-state index is 0.0809. The van der Waals surface area contributed by atoms with Gasteiger partial charge < -0.3 is 15.5 Å². The molecule has 0 aliphatic rings. The van der Waals surface area contributed by atoms with Crippen molar-refractivity contribution < 1.29 is 9.59 Å². The number of urea groups is 1. The number of nitrogens with one attached hydrogen (secondary N) is 2. The summed E-state index contributed by atoms with van der Waals surface area (Å²) in [6.45, 7) is 6.06. The maximum absolute atomic E-state index is 12.5. The minimum Gasteiger partial charge on any atom is -0.335 e. The minimum atomic E-state index is -0.246. The summed E-state index contributed by atoms with van der Waals surface area (Å²) in [6.07, 6.45) is 0. The van der Waals surface area contributed by atoms with Crippen molar-refractivity contribution in [1.29, 1.82) is 0 Å². The van der Waals surface area contributed by atoms with Crippen molar-refractivity contribution in [2.45, 2.75) is 26.8 Å². The van der Waals surface area contributed by atoms with E-state index >= 15 is 0 Å². The van der Waals surface area contributed by atoms with Crippen molar-refractivity contribution in [3.63, 3.8) is 0 Å². The van der Waals surface area contributed by atoms with Gasteiger partial charge in [-0.05, 0) is 61.4 Å². The fourth-order valence-corrected chi connectivity index (χ4v) is 2.34. The average molecular weight is 374 g/mol. The lowest BCUT2D eigenvalue weighted by atomic mass is 10.1. The van der Waals surface area contributed by atoms with Gasteiger partial charge in [0.25, 0.3) is 5.91 Å². The molecule has 0 bridgehead atoms. The van der Waals surface area contributed by atoms with Gasteiger partial charge in [-0.15, -0.1) is 0 Å². The quantitative estimate of drug-likeness (QED) is 0.792. The number of amides is 3. The molecular weight excluding hydrogens is 350 g/mol. The maximum atomic E-state index is 12.5. The second kappa shape index (κ2) is 8.72. The van der Waals surface area contributed by atoms with Crippen molar-refractivity contribution >= 4 is 34.9 Å². The predicted octanol–water partition coefficient (Wildman–Crippen LogP) is 4.78. The first-order valence-electron chi connectivity index (χ1n) is 8.49. The Morgan fingerprint density at radius 1 is 0.962 bits per heavy atom. The largest absolute Gasteiger partial charge is 0.335 e. The van der Waals surface area contributed by atoms with Gasteiger partial charge in [-0.1, -0.05) is 25.4 Å². The van der Waals surface area contributed by atoms with Crippen LogP contribution in [-0.2, 0) is 0 Å². The summed E-state index contributed by atoms with van der Waals surface area (Å²) >= 11 is 5.86. The molecule has 0 aliphatic carbocycles. The van der Waals surface area contributed by atoms with Crippen LogP contribution in [0.15, 0.2) is 48.5 Å². The topological polar surface area (TPSA) is 61.4 Å². The number of carbonyl (C=O) groups excluding carboxylic acids is 2. The third-order valence-electron chi connectivity index (χ3n) is 4.27. The number of anilines is 2. The van der Waals surface area contributed by atoms with Crippen LogP contribution in [-0.4, -0.2) is 25.0 Å². The maximum Gasteiger partial charge on any atom is 0.319 e. The van der Waals surface area contributed by atoms with Gasteiger partial charge in [0.05, 0.1) is 0 Å². The molecule has 2 N–H and O–H groups in total. The van der Waals surface area contributed by atoms with Crippen LogP contribution in [0.25, 0.3) is 0 Å². The third kappa shape index (κ3) is 5.23. The molecule has 2 aromatic rings. The van der Waals surface area contributed by atoms with Crippen molar-refractivity contribution in [1.82, 2.24) is 5.32 Å². The highest BCUT2D eigenvalue weighted by molar-refractivity contribution is 6.30. The Labute approximate surface area is 159 Å². The first-order valence-corrected chi connectivity index (χ1v) is 8.87. The number of hydrogen-bond donors (Lipinski definition) is 2. The SMILES string of the molecule is CC(C)C(C)NC(=O)Nc1ccc(N(C)C(=O)c2ccc(Cl)cc2)cc1. The first kappa shape index (κ1) is 19.8. The van der Waals surface area contributed by atoms with Crippen molar-refractivity contribution in [2.24, 2.45) is 5.92 Å². The van der Waals surface area contributed by atoms with Crippen molar-refractivity contribution in [3.05, 3.63) is 59.1 Å². The van der Waals surface area contributed by atoms with Gasteiger partial charge in [0.2, 0.25) is 0 Å². The highest BCUT2D eigenvalue weighted by atomic mass is 35.5. The average Bonchev–Trinajstić information content (AvgIpc) is 2.61. The molecule has 0 saturated carbocycles. The molecule has 0 heterocycles. The van der Waals surface area contributed by atoms with Crippen LogP contribution in [0.4, 0.5) is 16.2 Å². The van der Waals surface area contributed by atoms with E-state index in [1.807, 2.05) is 20.8 Å². The molecule has 0 radical (unpaired) electrons. The number of carbonyl (C=O) groups is 2. The molecule has 26 heavy (non-hydrogen) atoms. The van der Waals surface area contributed by atoms with E-state index in [0.717, 1.165) is 5.69 Å². The van der Waals surface area contributed by atoms with Crippen LogP contribution in [0.2, 0.25) is 5.02 Å². The van der Waals surface area contributed by atoms with E-state index in [4.69, 9.17) is 11.6 Å². The lowest BCUT2D eigenvalue weighted by molar-refractivity contribution is 0.0993. The van der Waals surface area contributed by atoms with Gasteiger partial charge in [-0.2, -0.15) is 0 Å². The predicted molar refractivity (Wildman–Crippen MR) is 107 cm³/mol. The summed E-state index contributed by atoms with van der Waals surface area (Å²) < 4.78 is 0. The van der Waals surface area contributed by atoms with Crippen molar-refractivity contribution in [2.75, 3.05) is 17.3 Å². The molecule has 138 valence electrons. The van der Waals surface area contributed by atoms with E-state index in [1.165, 1.54) is 0 Å². The monoisotopic (exact) mass is 373 g/mol. The van der Waals surface area contributed by atoms with E-state index in [1.54, 1.807) is 60.5 Å². The summed E-state index contributed by atoms with van der Waals surface area (Å²) in [7, 11) is 1.70. The van der Waals surface area contributed by atoms with Crippen LogP contribution >= 0.6 is 11.6 Å². The lowest BCUT2D eigenvalue weighted by Gasteiger charge is -2.19. The van der Waals surface area contributed by atoms with Crippen LogP contribution in [0, 0.1) is 5.92 Å². The highest BCUT2D eigenvalue weighted by Gasteiger charge is 2.14. The summed E-state index contributed by atoms with van der Waals surface area (Å²) in [5.74, 6) is 0.224. The molecule has 0 spiro atoms. The molecule has 0 fully saturated rings. The highest BCUT2D eigenvalue weighted by Crippen LogP contribution is 2.20. The van der Waals surface area contributed by atoms with E-state index in [2.05, 4.69) is 10.6 Å². The molecule has 6 heteroatoms. The second-order valence-electron chi connectivity index (χ2n) is 6.55. The molecule has 2 rings (SSSR count). The molecule has 1 unspecified atom stereocenters. The number of rotatable bonds is 5. The van der Waals surface area contributed by atoms with Crippen LogP contribution in [0.3, 0.4) is 0 Å². The zero-order chi connectivity index (χ0) is 19.3. The van der Waals surface area contributed by atoms with Crippen LogP contribution < -0.4 is 15.5 Å².